The van der Waals surface area contributed by atoms with Crippen LogP contribution in [0.2, 0.25) is 0 Å². The highest BCUT2D eigenvalue weighted by Crippen LogP contribution is 2.20. The molecule has 0 bridgehead atoms. The molecule has 1 atom stereocenters. The molecule has 0 aromatic heterocycles. The number of likely N-dealkylation sites (tertiary alicyclic amines) is 1. The number of amides is 1. The molecule has 1 aromatic rings. The lowest BCUT2D eigenvalue weighted by atomic mass is 10.0. The number of hydrogen-bond acceptors (Lipinski definition) is 3. The summed E-state index contributed by atoms with van der Waals surface area (Å²) >= 11 is 0. The summed E-state index contributed by atoms with van der Waals surface area (Å²) in [7, 11) is 0. The second-order valence-electron chi connectivity index (χ2n) is 4.75. The molecular weight excluding hydrogens is 240 g/mol. The maximum absolute atomic E-state index is 12.1. The summed E-state index contributed by atoms with van der Waals surface area (Å²) in [6, 6.07) is 11.8. The van der Waals surface area contributed by atoms with Crippen molar-refractivity contribution < 1.29 is 9.53 Å². The molecule has 0 aliphatic carbocycles. The monoisotopic (exact) mass is 258 g/mol. The zero-order valence-corrected chi connectivity index (χ0v) is 10.9. The summed E-state index contributed by atoms with van der Waals surface area (Å²) in [5, 5.41) is 8.80. The van der Waals surface area contributed by atoms with Crippen LogP contribution in [-0.2, 0) is 11.3 Å². The van der Waals surface area contributed by atoms with E-state index in [0.717, 1.165) is 24.8 Å². The van der Waals surface area contributed by atoms with Crippen LogP contribution in [-0.4, -0.2) is 23.6 Å². The summed E-state index contributed by atoms with van der Waals surface area (Å²) in [4.78, 5) is 13.8. The Bertz CT molecular complexity index is 453. The van der Waals surface area contributed by atoms with E-state index in [0.29, 0.717) is 13.0 Å². The van der Waals surface area contributed by atoms with Gasteiger partial charge in [-0.25, -0.2) is 4.79 Å². The average Bonchev–Trinajstić information content (AvgIpc) is 2.47. The first-order valence-electron chi connectivity index (χ1n) is 6.65. The molecule has 0 radical (unpaired) electrons. The smallest absolute Gasteiger partial charge is 0.410 e. The molecule has 1 aliphatic rings. The lowest BCUT2D eigenvalue weighted by molar-refractivity contribution is 0.0691. The van der Waals surface area contributed by atoms with Gasteiger partial charge >= 0.3 is 6.09 Å². The van der Waals surface area contributed by atoms with Crippen LogP contribution in [0.1, 0.15) is 31.2 Å². The van der Waals surface area contributed by atoms with Crippen LogP contribution in [0.25, 0.3) is 0 Å². The molecule has 4 nitrogen and oxygen atoms in total. The molecule has 100 valence electrons. The molecule has 0 saturated carbocycles. The lowest BCUT2D eigenvalue weighted by Gasteiger charge is -2.33. The number of hydrogen-bond donors (Lipinski definition) is 0. The molecular formula is C15H18N2O2. The number of carbonyl (C=O) groups excluding carboxylic acids is 1. The molecule has 1 fully saturated rings. The van der Waals surface area contributed by atoms with E-state index in [1.807, 2.05) is 30.3 Å². The Morgan fingerprint density at radius 1 is 1.37 bits per heavy atom. The van der Waals surface area contributed by atoms with Crippen molar-refractivity contribution in [3.8, 4) is 6.07 Å². The summed E-state index contributed by atoms with van der Waals surface area (Å²) in [6.45, 7) is 0.982. The lowest BCUT2D eigenvalue weighted by Crippen LogP contribution is -2.43. The predicted molar refractivity (Wildman–Crippen MR) is 71.2 cm³/mol. The molecule has 1 aliphatic heterocycles. The molecule has 0 N–H and O–H groups in total. The average molecular weight is 258 g/mol. The largest absolute Gasteiger partial charge is 0.445 e. The fourth-order valence-electron chi connectivity index (χ4n) is 2.36. The van der Waals surface area contributed by atoms with Crippen LogP contribution < -0.4 is 0 Å². The first-order chi connectivity index (χ1) is 9.31. The topological polar surface area (TPSA) is 53.3 Å². The zero-order chi connectivity index (χ0) is 13.5. The van der Waals surface area contributed by atoms with E-state index >= 15 is 0 Å². The molecule has 19 heavy (non-hydrogen) atoms. The zero-order valence-electron chi connectivity index (χ0n) is 10.9. The van der Waals surface area contributed by atoms with Crippen molar-refractivity contribution >= 4 is 6.09 Å². The van der Waals surface area contributed by atoms with Crippen molar-refractivity contribution in [1.29, 1.82) is 5.26 Å². The number of piperidine rings is 1. The van der Waals surface area contributed by atoms with Crippen molar-refractivity contribution in [2.75, 3.05) is 6.54 Å². The molecule has 1 aromatic carbocycles. The fraction of sp³-hybridized carbons (Fsp3) is 0.467. The second kappa shape index (κ2) is 6.79. The molecule has 1 saturated heterocycles. The number of carbonyl (C=O) groups is 1. The molecule has 0 spiro atoms. The third-order valence-electron chi connectivity index (χ3n) is 3.39. The van der Waals surface area contributed by atoms with Gasteiger partial charge in [0.05, 0.1) is 12.5 Å². The Labute approximate surface area is 113 Å². The van der Waals surface area contributed by atoms with Crippen molar-refractivity contribution in [3.63, 3.8) is 0 Å². The van der Waals surface area contributed by atoms with E-state index in [4.69, 9.17) is 10.00 Å². The van der Waals surface area contributed by atoms with Crippen molar-refractivity contribution in [1.82, 2.24) is 4.90 Å². The maximum atomic E-state index is 12.1. The van der Waals surface area contributed by atoms with Crippen LogP contribution >= 0.6 is 0 Å². The molecule has 1 amide bonds. The normalized spacial score (nSPS) is 18.7. The third-order valence-corrected chi connectivity index (χ3v) is 3.39. The van der Waals surface area contributed by atoms with Crippen LogP contribution in [0.5, 0.6) is 0 Å². The first kappa shape index (κ1) is 13.4. The van der Waals surface area contributed by atoms with E-state index in [-0.39, 0.29) is 18.7 Å². The number of nitriles is 1. The quantitative estimate of drug-likeness (QED) is 0.837. The number of benzene rings is 1. The summed E-state index contributed by atoms with van der Waals surface area (Å²) < 4.78 is 5.32. The first-order valence-corrected chi connectivity index (χ1v) is 6.65. The van der Waals surface area contributed by atoms with Crippen LogP contribution in [0.15, 0.2) is 30.3 Å². The number of nitrogens with zero attached hydrogens (tertiary/aromatic N) is 2. The van der Waals surface area contributed by atoms with Gasteiger partial charge in [0.25, 0.3) is 0 Å². The van der Waals surface area contributed by atoms with Crippen LogP contribution in [0, 0.1) is 11.3 Å². The standard InChI is InChI=1S/C15H18N2O2/c16-10-9-14-8-4-5-11-17(14)15(18)19-12-13-6-2-1-3-7-13/h1-3,6-7,14H,4-5,8-9,11-12H2/t14-/m0/s1. The summed E-state index contributed by atoms with van der Waals surface area (Å²) in [5.74, 6) is 0. The van der Waals surface area contributed by atoms with E-state index in [9.17, 15) is 4.79 Å². The highest BCUT2D eigenvalue weighted by atomic mass is 16.6. The Morgan fingerprint density at radius 3 is 2.89 bits per heavy atom. The molecule has 0 unspecified atom stereocenters. The van der Waals surface area contributed by atoms with Gasteiger partial charge in [0.2, 0.25) is 0 Å². The Balaban J connectivity index is 1.89. The van der Waals surface area contributed by atoms with Gasteiger partial charge in [0.15, 0.2) is 0 Å². The highest BCUT2D eigenvalue weighted by Gasteiger charge is 2.27. The maximum Gasteiger partial charge on any atom is 0.410 e. The van der Waals surface area contributed by atoms with E-state index < -0.39 is 0 Å². The Kier molecular flexibility index (Phi) is 4.79. The van der Waals surface area contributed by atoms with Crippen molar-refractivity contribution in [2.45, 2.75) is 38.3 Å². The van der Waals surface area contributed by atoms with E-state index in [1.165, 1.54) is 0 Å². The fourth-order valence-corrected chi connectivity index (χ4v) is 2.36. The number of rotatable bonds is 3. The second-order valence-corrected chi connectivity index (χ2v) is 4.75. The summed E-state index contributed by atoms with van der Waals surface area (Å²) in [5.41, 5.74) is 0.977. The SMILES string of the molecule is N#CC[C@@H]1CCCCN1C(=O)OCc1ccccc1. The van der Waals surface area contributed by atoms with Crippen LogP contribution in [0.4, 0.5) is 4.79 Å². The van der Waals surface area contributed by atoms with Crippen LogP contribution in [0.3, 0.4) is 0 Å². The minimum atomic E-state index is -0.302. The number of ether oxygens (including phenoxy) is 1. The van der Waals surface area contributed by atoms with Gasteiger partial charge in [0, 0.05) is 12.6 Å². The molecule has 1 heterocycles. The predicted octanol–water partition coefficient (Wildman–Crippen LogP) is 3.09. The minimum absolute atomic E-state index is 0.0158. The minimum Gasteiger partial charge on any atom is -0.445 e. The van der Waals surface area contributed by atoms with Crippen molar-refractivity contribution in [2.24, 2.45) is 0 Å². The van der Waals surface area contributed by atoms with Gasteiger partial charge < -0.3 is 9.64 Å². The van der Waals surface area contributed by atoms with Gasteiger partial charge in [-0.1, -0.05) is 30.3 Å². The van der Waals surface area contributed by atoms with Gasteiger partial charge in [-0.3, -0.25) is 0 Å². The Hall–Kier alpha value is -2.02. The van der Waals surface area contributed by atoms with Crippen molar-refractivity contribution in [3.05, 3.63) is 35.9 Å². The van der Waals surface area contributed by atoms with Gasteiger partial charge in [-0.2, -0.15) is 5.26 Å². The van der Waals surface area contributed by atoms with Gasteiger partial charge in [0.1, 0.15) is 6.61 Å². The molecule has 4 heteroatoms. The van der Waals surface area contributed by atoms with E-state index in [1.54, 1.807) is 4.90 Å². The molecule has 2 rings (SSSR count). The van der Waals surface area contributed by atoms with Gasteiger partial charge in [-0.15, -0.1) is 0 Å². The van der Waals surface area contributed by atoms with E-state index in [2.05, 4.69) is 6.07 Å². The van der Waals surface area contributed by atoms with Gasteiger partial charge in [-0.05, 0) is 24.8 Å². The summed E-state index contributed by atoms with van der Waals surface area (Å²) in [6.07, 6.45) is 3.05. The highest BCUT2D eigenvalue weighted by molar-refractivity contribution is 5.68. The third kappa shape index (κ3) is 3.72. The Morgan fingerprint density at radius 2 is 2.16 bits per heavy atom.